The van der Waals surface area contributed by atoms with E-state index in [1.807, 2.05) is 6.92 Å². The van der Waals surface area contributed by atoms with Gasteiger partial charge in [-0.05, 0) is 6.42 Å². The molecule has 0 radical (unpaired) electrons. The van der Waals surface area contributed by atoms with E-state index in [1.165, 1.54) is 18.0 Å². The molecule has 2 rings (SSSR count). The molecule has 0 N–H and O–H groups in total. The van der Waals surface area contributed by atoms with E-state index >= 15 is 0 Å². The summed E-state index contributed by atoms with van der Waals surface area (Å²) in [5.74, 6) is 0.0168. The maximum Gasteiger partial charge on any atom is 0.297 e. The number of aromatic nitrogens is 4. The number of rotatable bonds is 4. The van der Waals surface area contributed by atoms with Crippen LogP contribution in [0.2, 0.25) is 10.2 Å². The monoisotopic (exact) mass is 316 g/mol. The van der Waals surface area contributed by atoms with Crippen molar-refractivity contribution in [2.75, 3.05) is 7.11 Å². The molecule has 0 saturated carbocycles. The highest BCUT2D eigenvalue weighted by Crippen LogP contribution is 2.22. The van der Waals surface area contributed by atoms with Gasteiger partial charge in [-0.25, -0.2) is 4.98 Å². The first-order chi connectivity index (χ1) is 9.49. The fourth-order valence-electron chi connectivity index (χ4n) is 1.89. The Labute approximate surface area is 125 Å². The fourth-order valence-corrected chi connectivity index (χ4v) is 2.44. The summed E-state index contributed by atoms with van der Waals surface area (Å²) < 4.78 is 8.00. The van der Waals surface area contributed by atoms with Crippen LogP contribution in [0.25, 0.3) is 0 Å². The van der Waals surface area contributed by atoms with Crippen LogP contribution < -0.4 is 10.3 Å². The lowest BCUT2D eigenvalue weighted by Gasteiger charge is -2.08. The Hall–Kier alpha value is -1.53. The van der Waals surface area contributed by atoms with Crippen LogP contribution in [0.1, 0.15) is 18.3 Å². The van der Waals surface area contributed by atoms with Gasteiger partial charge in [0.25, 0.3) is 5.56 Å². The highest BCUT2D eigenvalue weighted by molar-refractivity contribution is 6.32. The number of ether oxygens (including phenoxy) is 1. The second-order valence-corrected chi connectivity index (χ2v) is 4.92. The number of hydrogen-bond donors (Lipinski definition) is 0. The Balaban J connectivity index is 2.46. The van der Waals surface area contributed by atoms with E-state index < -0.39 is 0 Å². The average Bonchev–Trinajstić information content (AvgIpc) is 2.69. The van der Waals surface area contributed by atoms with Crippen LogP contribution in [-0.4, -0.2) is 26.4 Å². The molecule has 0 fully saturated rings. The molecule has 0 bridgehead atoms. The number of aryl methyl sites for hydroxylation is 2. The molecule has 0 aliphatic rings. The molecule has 108 valence electrons. The van der Waals surface area contributed by atoms with Crippen LogP contribution in [-0.2, 0) is 20.0 Å². The highest BCUT2D eigenvalue weighted by atomic mass is 35.5. The average molecular weight is 317 g/mol. The molecule has 0 unspecified atom stereocenters. The zero-order valence-electron chi connectivity index (χ0n) is 11.4. The standard InChI is InChI=1S/C12H14Cl2N4O2/c1-4-7-9(13)8(17(2)16-7)5-18-6-15-11(14)10(20-3)12(18)19/h6H,4-5H2,1-3H3. The zero-order chi connectivity index (χ0) is 14.9. The van der Waals surface area contributed by atoms with Gasteiger partial charge in [0, 0.05) is 7.05 Å². The van der Waals surface area contributed by atoms with Crippen molar-refractivity contribution >= 4 is 23.2 Å². The van der Waals surface area contributed by atoms with E-state index in [0.717, 1.165) is 17.8 Å². The third-order valence-electron chi connectivity index (χ3n) is 2.98. The van der Waals surface area contributed by atoms with Gasteiger partial charge in [0.15, 0.2) is 5.15 Å². The molecular formula is C12H14Cl2N4O2. The van der Waals surface area contributed by atoms with E-state index in [2.05, 4.69) is 10.1 Å². The maximum atomic E-state index is 12.2. The van der Waals surface area contributed by atoms with Gasteiger partial charge in [0.05, 0.1) is 36.4 Å². The Morgan fingerprint density at radius 2 is 2.10 bits per heavy atom. The van der Waals surface area contributed by atoms with E-state index in [4.69, 9.17) is 27.9 Å². The lowest BCUT2D eigenvalue weighted by atomic mass is 10.3. The van der Waals surface area contributed by atoms with Gasteiger partial charge in [0.1, 0.15) is 0 Å². The molecule has 6 nitrogen and oxygen atoms in total. The maximum absolute atomic E-state index is 12.2. The second-order valence-electron chi connectivity index (χ2n) is 4.19. The molecule has 2 aromatic rings. The molecule has 20 heavy (non-hydrogen) atoms. The summed E-state index contributed by atoms with van der Waals surface area (Å²) in [6.07, 6.45) is 2.09. The van der Waals surface area contributed by atoms with E-state index in [9.17, 15) is 4.79 Å². The molecule has 0 aliphatic carbocycles. The predicted octanol–water partition coefficient (Wildman–Crippen LogP) is 1.90. The first kappa shape index (κ1) is 14.9. The Bertz CT molecular complexity index is 693. The van der Waals surface area contributed by atoms with Crippen LogP contribution in [0.4, 0.5) is 0 Å². The van der Waals surface area contributed by atoms with Crippen LogP contribution in [0, 0.1) is 0 Å². The quantitative estimate of drug-likeness (QED) is 0.808. The van der Waals surface area contributed by atoms with E-state index in [1.54, 1.807) is 11.7 Å². The summed E-state index contributed by atoms with van der Waals surface area (Å²) in [5, 5.41) is 4.91. The Morgan fingerprint density at radius 3 is 2.65 bits per heavy atom. The summed E-state index contributed by atoms with van der Waals surface area (Å²) in [6.45, 7) is 2.22. The third kappa shape index (κ3) is 2.53. The van der Waals surface area contributed by atoms with Crippen molar-refractivity contribution in [1.29, 1.82) is 0 Å². The minimum absolute atomic E-state index is 0.0168. The van der Waals surface area contributed by atoms with Crippen molar-refractivity contribution in [3.63, 3.8) is 0 Å². The van der Waals surface area contributed by atoms with Gasteiger partial charge in [-0.3, -0.25) is 14.0 Å². The van der Waals surface area contributed by atoms with E-state index in [-0.39, 0.29) is 23.0 Å². The van der Waals surface area contributed by atoms with E-state index in [0.29, 0.717) is 5.02 Å². The molecule has 0 saturated heterocycles. The number of methoxy groups -OCH3 is 1. The van der Waals surface area contributed by atoms with Crippen molar-refractivity contribution < 1.29 is 4.74 Å². The highest BCUT2D eigenvalue weighted by Gasteiger charge is 2.16. The minimum atomic E-state index is -0.359. The van der Waals surface area contributed by atoms with Crippen LogP contribution in [0.15, 0.2) is 11.1 Å². The molecule has 0 spiro atoms. The van der Waals surface area contributed by atoms with Gasteiger partial charge in [0.2, 0.25) is 5.75 Å². The normalized spacial score (nSPS) is 10.8. The lowest BCUT2D eigenvalue weighted by Crippen LogP contribution is -2.23. The summed E-state index contributed by atoms with van der Waals surface area (Å²) in [5.41, 5.74) is 1.17. The third-order valence-corrected chi connectivity index (χ3v) is 3.69. The molecule has 0 aromatic carbocycles. The van der Waals surface area contributed by atoms with Gasteiger partial charge < -0.3 is 4.74 Å². The Kier molecular flexibility index (Phi) is 4.35. The zero-order valence-corrected chi connectivity index (χ0v) is 12.9. The fraction of sp³-hybridized carbons (Fsp3) is 0.417. The van der Waals surface area contributed by atoms with Gasteiger partial charge >= 0.3 is 0 Å². The lowest BCUT2D eigenvalue weighted by molar-refractivity contribution is 0.400. The van der Waals surface area contributed by atoms with Gasteiger partial charge in [-0.2, -0.15) is 5.10 Å². The SMILES string of the molecule is CCc1nn(C)c(Cn2cnc(Cl)c(OC)c2=O)c1Cl. The summed E-state index contributed by atoms with van der Waals surface area (Å²) in [6, 6.07) is 0. The van der Waals surface area contributed by atoms with Gasteiger partial charge in [-0.1, -0.05) is 30.1 Å². The smallest absolute Gasteiger partial charge is 0.297 e. The number of halogens is 2. The molecule has 2 aromatic heterocycles. The molecule has 0 atom stereocenters. The van der Waals surface area contributed by atoms with Crippen LogP contribution in [0.5, 0.6) is 5.75 Å². The molecule has 0 aliphatic heterocycles. The molecule has 2 heterocycles. The van der Waals surface area contributed by atoms with Gasteiger partial charge in [-0.15, -0.1) is 0 Å². The first-order valence-corrected chi connectivity index (χ1v) is 6.74. The van der Waals surface area contributed by atoms with Crippen LogP contribution >= 0.6 is 23.2 Å². The minimum Gasteiger partial charge on any atom is -0.489 e. The molecule has 0 amide bonds. The topological polar surface area (TPSA) is 61.9 Å². The molecule has 8 heteroatoms. The van der Waals surface area contributed by atoms with Crippen LogP contribution in [0.3, 0.4) is 0 Å². The summed E-state index contributed by atoms with van der Waals surface area (Å²) in [7, 11) is 3.16. The first-order valence-electron chi connectivity index (χ1n) is 5.98. The predicted molar refractivity (Wildman–Crippen MR) is 76.8 cm³/mol. The summed E-state index contributed by atoms with van der Waals surface area (Å²) in [4.78, 5) is 16.1. The second kappa shape index (κ2) is 5.85. The van der Waals surface area contributed by atoms with Crippen molar-refractivity contribution in [1.82, 2.24) is 19.3 Å². The van der Waals surface area contributed by atoms with Crippen molar-refractivity contribution in [3.05, 3.63) is 38.2 Å². The van der Waals surface area contributed by atoms with Crippen molar-refractivity contribution in [2.45, 2.75) is 19.9 Å². The largest absolute Gasteiger partial charge is 0.489 e. The molecular weight excluding hydrogens is 303 g/mol. The Morgan fingerprint density at radius 1 is 1.40 bits per heavy atom. The van der Waals surface area contributed by atoms with Crippen molar-refractivity contribution in [3.8, 4) is 5.75 Å². The van der Waals surface area contributed by atoms with Crippen molar-refractivity contribution in [2.24, 2.45) is 7.05 Å². The number of hydrogen-bond acceptors (Lipinski definition) is 4. The number of nitrogens with zero attached hydrogens (tertiary/aromatic N) is 4. The summed E-state index contributed by atoms with van der Waals surface area (Å²) >= 11 is 12.1.